The minimum atomic E-state index is -0.275. The van der Waals surface area contributed by atoms with Crippen molar-refractivity contribution in [3.8, 4) is 11.4 Å². The number of fused-ring (bicyclic) bond motifs is 3. The molecule has 3 aromatic rings. The number of rotatable bonds is 2. The van der Waals surface area contributed by atoms with E-state index in [1.54, 1.807) is 16.6 Å². The maximum absolute atomic E-state index is 13.0. The van der Waals surface area contributed by atoms with E-state index in [2.05, 4.69) is 26.9 Å². The van der Waals surface area contributed by atoms with Crippen LogP contribution in [0.2, 0.25) is 0 Å². The molecule has 0 saturated heterocycles. The van der Waals surface area contributed by atoms with E-state index >= 15 is 0 Å². The van der Waals surface area contributed by atoms with Crippen LogP contribution in [-0.2, 0) is 29.5 Å². The summed E-state index contributed by atoms with van der Waals surface area (Å²) in [6.07, 6.45) is 2.77. The van der Waals surface area contributed by atoms with Crippen molar-refractivity contribution in [3.63, 3.8) is 0 Å². The van der Waals surface area contributed by atoms with Gasteiger partial charge in [0, 0.05) is 18.3 Å². The highest BCUT2D eigenvalue weighted by Crippen LogP contribution is 2.42. The van der Waals surface area contributed by atoms with Gasteiger partial charge in [-0.25, -0.2) is 4.68 Å². The van der Waals surface area contributed by atoms with Crippen LogP contribution >= 0.6 is 0 Å². The van der Waals surface area contributed by atoms with Gasteiger partial charge in [-0.1, -0.05) is 18.2 Å². The third-order valence-electron chi connectivity index (χ3n) is 5.31. The zero-order valence-corrected chi connectivity index (χ0v) is 15.3. The van der Waals surface area contributed by atoms with E-state index in [9.17, 15) is 9.59 Å². The van der Waals surface area contributed by atoms with Crippen LogP contribution in [-0.4, -0.2) is 32.0 Å². The largest absolute Gasteiger partial charge is 0.324 e. The summed E-state index contributed by atoms with van der Waals surface area (Å²) in [5.41, 5.74) is 5.33. The molecule has 0 radical (unpaired) electrons. The van der Waals surface area contributed by atoms with Gasteiger partial charge in [0.15, 0.2) is 5.82 Å². The monoisotopic (exact) mass is 374 g/mol. The van der Waals surface area contributed by atoms with E-state index in [-0.39, 0.29) is 18.2 Å². The molecule has 1 aromatic heterocycles. The Morgan fingerprint density at radius 3 is 2.82 bits per heavy atom. The Hall–Kier alpha value is -3.55. The number of carbonyl (C=O) groups is 2. The molecule has 0 fully saturated rings. The molecule has 1 aliphatic heterocycles. The number of aryl methyl sites for hydroxylation is 2. The zero-order chi connectivity index (χ0) is 19.3. The first kappa shape index (κ1) is 16.6. The molecule has 1 aliphatic carbocycles. The highest BCUT2D eigenvalue weighted by molar-refractivity contribution is 6.17. The van der Waals surface area contributed by atoms with Gasteiger partial charge in [-0.15, -0.1) is 5.10 Å². The number of tetrazole rings is 1. The predicted molar refractivity (Wildman–Crippen MR) is 103 cm³/mol. The average molecular weight is 374 g/mol. The quantitative estimate of drug-likeness (QED) is 0.695. The third-order valence-corrected chi connectivity index (χ3v) is 5.31. The van der Waals surface area contributed by atoms with Crippen molar-refractivity contribution in [2.45, 2.75) is 25.7 Å². The maximum atomic E-state index is 13.0. The highest BCUT2D eigenvalue weighted by Gasteiger charge is 2.31. The van der Waals surface area contributed by atoms with E-state index in [1.165, 1.54) is 5.56 Å². The number of anilines is 3. The first-order valence-electron chi connectivity index (χ1n) is 9.22. The summed E-state index contributed by atoms with van der Waals surface area (Å²) in [5, 5.41) is 14.6. The van der Waals surface area contributed by atoms with Crippen molar-refractivity contribution in [3.05, 3.63) is 47.5 Å². The Balaban J connectivity index is 1.67. The lowest BCUT2D eigenvalue weighted by molar-refractivity contribution is -0.124. The van der Waals surface area contributed by atoms with E-state index in [4.69, 9.17) is 0 Å². The third kappa shape index (κ3) is 2.57. The number of amides is 2. The van der Waals surface area contributed by atoms with Gasteiger partial charge in [0.1, 0.15) is 6.42 Å². The van der Waals surface area contributed by atoms with E-state index < -0.39 is 0 Å². The average Bonchev–Trinajstić information content (AvgIpc) is 3.30. The Morgan fingerprint density at radius 2 is 2.00 bits per heavy atom. The lowest BCUT2D eigenvalue weighted by Gasteiger charge is -2.24. The molecule has 2 amide bonds. The van der Waals surface area contributed by atoms with Crippen LogP contribution in [0.5, 0.6) is 0 Å². The Labute approximate surface area is 161 Å². The predicted octanol–water partition coefficient (Wildman–Crippen LogP) is 2.37. The summed E-state index contributed by atoms with van der Waals surface area (Å²) in [7, 11) is 1.76. The standard InChI is InChI=1S/C20H18N6O2/c1-25-20(22-23-24-25)13-5-2-6-14(10-13)26-16-9-8-12-4-3-7-15(12)19(16)21-17(27)11-18(26)28/h2,5-6,8-10H,3-4,7,11H2,1H3,(H,21,27). The zero-order valence-electron chi connectivity index (χ0n) is 15.3. The minimum absolute atomic E-state index is 0.195. The van der Waals surface area contributed by atoms with Gasteiger partial charge in [-0.05, 0) is 59.0 Å². The van der Waals surface area contributed by atoms with Crippen molar-refractivity contribution < 1.29 is 9.59 Å². The molecule has 1 N–H and O–H groups in total. The van der Waals surface area contributed by atoms with E-state index in [0.29, 0.717) is 17.2 Å². The second-order valence-corrected chi connectivity index (χ2v) is 7.08. The Bertz CT molecular complexity index is 1120. The smallest absolute Gasteiger partial charge is 0.241 e. The topological polar surface area (TPSA) is 93.0 Å². The summed E-state index contributed by atoms with van der Waals surface area (Å²) >= 11 is 0. The maximum Gasteiger partial charge on any atom is 0.241 e. The molecular formula is C20H18N6O2. The van der Waals surface area contributed by atoms with Gasteiger partial charge in [0.05, 0.1) is 11.4 Å². The molecule has 2 heterocycles. The second-order valence-electron chi connectivity index (χ2n) is 7.08. The Kier molecular flexibility index (Phi) is 3.71. The van der Waals surface area contributed by atoms with Crippen LogP contribution in [0.15, 0.2) is 36.4 Å². The van der Waals surface area contributed by atoms with E-state index in [0.717, 1.165) is 36.1 Å². The van der Waals surface area contributed by atoms with Gasteiger partial charge < -0.3 is 5.32 Å². The molecule has 140 valence electrons. The molecule has 0 unspecified atom stereocenters. The van der Waals surface area contributed by atoms with Crippen LogP contribution in [0.25, 0.3) is 11.4 Å². The molecule has 28 heavy (non-hydrogen) atoms. The molecule has 5 rings (SSSR count). The van der Waals surface area contributed by atoms with Crippen LogP contribution < -0.4 is 10.2 Å². The fourth-order valence-electron chi connectivity index (χ4n) is 4.06. The molecule has 2 aromatic carbocycles. The molecule has 0 bridgehead atoms. The molecular weight excluding hydrogens is 356 g/mol. The van der Waals surface area contributed by atoms with Crippen LogP contribution in [0.4, 0.5) is 17.1 Å². The molecule has 0 saturated carbocycles. The first-order valence-corrected chi connectivity index (χ1v) is 9.22. The van der Waals surface area contributed by atoms with Crippen molar-refractivity contribution in [2.24, 2.45) is 7.05 Å². The summed E-state index contributed by atoms with van der Waals surface area (Å²) in [4.78, 5) is 26.9. The summed E-state index contributed by atoms with van der Waals surface area (Å²) in [6.45, 7) is 0. The van der Waals surface area contributed by atoms with Crippen molar-refractivity contribution in [1.29, 1.82) is 0 Å². The molecule has 8 nitrogen and oxygen atoms in total. The summed E-state index contributed by atoms with van der Waals surface area (Å²) in [5.74, 6) is 0.0673. The second kappa shape index (κ2) is 6.26. The van der Waals surface area contributed by atoms with Crippen molar-refractivity contribution >= 4 is 28.9 Å². The fraction of sp³-hybridized carbons (Fsp3) is 0.250. The van der Waals surface area contributed by atoms with Gasteiger partial charge >= 0.3 is 0 Å². The van der Waals surface area contributed by atoms with Crippen molar-refractivity contribution in [2.75, 3.05) is 10.2 Å². The summed E-state index contributed by atoms with van der Waals surface area (Å²) < 4.78 is 1.58. The van der Waals surface area contributed by atoms with Gasteiger partial charge in [-0.2, -0.15) is 0 Å². The van der Waals surface area contributed by atoms with Gasteiger partial charge in [0.2, 0.25) is 11.8 Å². The summed E-state index contributed by atoms with van der Waals surface area (Å²) in [6, 6.07) is 11.5. The van der Waals surface area contributed by atoms with Gasteiger partial charge in [0.25, 0.3) is 0 Å². The SMILES string of the molecule is Cn1nnnc1-c1cccc(N2C(=O)CC(=O)Nc3c2ccc2c3CCC2)c1. The lowest BCUT2D eigenvalue weighted by atomic mass is 10.0. The van der Waals surface area contributed by atoms with Gasteiger partial charge in [-0.3, -0.25) is 14.5 Å². The molecule has 0 atom stereocenters. The highest BCUT2D eigenvalue weighted by atomic mass is 16.2. The molecule has 8 heteroatoms. The number of nitrogens with one attached hydrogen (secondary N) is 1. The molecule has 0 spiro atoms. The number of hydrogen-bond donors (Lipinski definition) is 1. The number of benzene rings is 2. The number of hydrogen-bond acceptors (Lipinski definition) is 5. The number of aromatic nitrogens is 4. The number of nitrogens with zero attached hydrogens (tertiary/aromatic N) is 5. The van der Waals surface area contributed by atoms with Crippen LogP contribution in [0.1, 0.15) is 24.0 Å². The van der Waals surface area contributed by atoms with Crippen LogP contribution in [0, 0.1) is 0 Å². The first-order chi connectivity index (χ1) is 13.6. The van der Waals surface area contributed by atoms with E-state index in [1.807, 2.05) is 30.3 Å². The molecule has 2 aliphatic rings. The lowest BCUT2D eigenvalue weighted by Crippen LogP contribution is -2.26. The normalized spacial score (nSPS) is 15.8. The van der Waals surface area contributed by atoms with Crippen LogP contribution in [0.3, 0.4) is 0 Å². The number of carbonyl (C=O) groups excluding carboxylic acids is 2. The Morgan fingerprint density at radius 1 is 1.11 bits per heavy atom. The minimum Gasteiger partial charge on any atom is -0.324 e. The van der Waals surface area contributed by atoms with Crippen molar-refractivity contribution in [1.82, 2.24) is 20.2 Å². The fourth-order valence-corrected chi connectivity index (χ4v) is 4.06.